The van der Waals surface area contributed by atoms with Gasteiger partial charge in [-0.3, -0.25) is 10.1 Å². The maximum atomic E-state index is 11.5. The molecule has 0 saturated heterocycles. The lowest BCUT2D eigenvalue weighted by Gasteiger charge is -1.99. The van der Waals surface area contributed by atoms with Crippen LogP contribution >= 0.6 is 0 Å². The molecule has 0 unspecified atom stereocenters. The zero-order valence-electron chi connectivity index (χ0n) is 10.3. The summed E-state index contributed by atoms with van der Waals surface area (Å²) in [6.07, 6.45) is 0. The molecule has 1 heterocycles. The first-order valence-corrected chi connectivity index (χ1v) is 5.46. The van der Waals surface area contributed by atoms with Crippen molar-refractivity contribution in [2.24, 2.45) is 0 Å². The molecule has 1 N–H and O–H groups in total. The Bertz CT molecular complexity index is 649. The number of nitrogens with one attached hydrogen (secondary N) is 1. The number of hydrogen-bond acceptors (Lipinski definition) is 6. The number of ether oxygens (including phenoxy) is 2. The number of nitro groups is 1. The number of H-pyrrole nitrogens is 1. The summed E-state index contributed by atoms with van der Waals surface area (Å²) in [7, 11) is 1.37. The number of carbonyl (C=O) groups excluding carboxylic acids is 1. The third kappa shape index (κ3) is 2.32. The Morgan fingerprint density at radius 1 is 1.53 bits per heavy atom. The molecular formula is C11H11N3O5. The van der Waals surface area contributed by atoms with Crippen molar-refractivity contribution in [3.8, 4) is 5.75 Å². The standard InChI is InChI=1S/C11H11N3O5/c1-3-19-11(15)10-12-7-4-6(14(16)17)5-8(18-2)9(7)13-10/h4-5H,3H2,1-2H3,(H,12,13). The molecule has 0 aliphatic carbocycles. The Balaban J connectivity index is 2.57. The average molecular weight is 265 g/mol. The molecule has 0 aliphatic heterocycles. The number of rotatable bonds is 4. The number of imidazole rings is 1. The maximum absolute atomic E-state index is 11.5. The average Bonchev–Trinajstić information content (AvgIpc) is 2.81. The maximum Gasteiger partial charge on any atom is 0.374 e. The molecule has 19 heavy (non-hydrogen) atoms. The molecule has 0 bridgehead atoms. The molecule has 0 fully saturated rings. The van der Waals surface area contributed by atoms with Crippen molar-refractivity contribution in [2.45, 2.75) is 6.92 Å². The van der Waals surface area contributed by atoms with Crippen LogP contribution in [0.1, 0.15) is 17.5 Å². The van der Waals surface area contributed by atoms with Crippen molar-refractivity contribution >= 4 is 22.7 Å². The van der Waals surface area contributed by atoms with Crippen molar-refractivity contribution in [2.75, 3.05) is 13.7 Å². The van der Waals surface area contributed by atoms with Crippen LogP contribution in [0.5, 0.6) is 5.75 Å². The van der Waals surface area contributed by atoms with E-state index in [9.17, 15) is 14.9 Å². The first-order chi connectivity index (χ1) is 9.06. The first kappa shape index (κ1) is 12.8. The number of nitrogens with zero attached hydrogens (tertiary/aromatic N) is 2. The monoisotopic (exact) mass is 265 g/mol. The van der Waals surface area contributed by atoms with E-state index in [1.165, 1.54) is 19.2 Å². The summed E-state index contributed by atoms with van der Waals surface area (Å²) in [6.45, 7) is 1.89. The van der Waals surface area contributed by atoms with Gasteiger partial charge in [0.05, 0.1) is 30.2 Å². The number of non-ortho nitro benzene ring substituents is 1. The van der Waals surface area contributed by atoms with Crippen molar-refractivity contribution in [1.82, 2.24) is 9.97 Å². The van der Waals surface area contributed by atoms with E-state index in [-0.39, 0.29) is 23.9 Å². The number of aromatic nitrogens is 2. The molecule has 1 aromatic heterocycles. The number of hydrogen-bond donors (Lipinski definition) is 1. The van der Waals surface area contributed by atoms with Gasteiger partial charge in [0.25, 0.3) is 5.69 Å². The molecule has 8 nitrogen and oxygen atoms in total. The highest BCUT2D eigenvalue weighted by Crippen LogP contribution is 2.29. The van der Waals surface area contributed by atoms with Crippen LogP contribution in [-0.2, 0) is 4.74 Å². The highest BCUT2D eigenvalue weighted by Gasteiger charge is 2.19. The Kier molecular flexibility index (Phi) is 3.32. The van der Waals surface area contributed by atoms with Crippen LogP contribution in [0.2, 0.25) is 0 Å². The number of carbonyl (C=O) groups is 1. The summed E-state index contributed by atoms with van der Waals surface area (Å²) in [5, 5.41) is 10.8. The van der Waals surface area contributed by atoms with Crippen molar-refractivity contribution in [3.05, 3.63) is 28.1 Å². The Hall–Kier alpha value is -2.64. The SMILES string of the molecule is CCOC(=O)c1nc2c(OC)cc([N+](=O)[O-])cc2[nH]1. The summed E-state index contributed by atoms with van der Waals surface area (Å²) in [6, 6.07) is 2.53. The van der Waals surface area contributed by atoms with E-state index in [1.54, 1.807) is 6.92 Å². The minimum absolute atomic E-state index is 0.0179. The van der Waals surface area contributed by atoms with Crippen LogP contribution < -0.4 is 4.74 Å². The Labute approximate surface area is 107 Å². The second-order valence-electron chi connectivity index (χ2n) is 3.61. The molecule has 2 aromatic rings. The minimum atomic E-state index is -0.622. The van der Waals surface area contributed by atoms with Gasteiger partial charge in [0, 0.05) is 6.07 Å². The summed E-state index contributed by atoms with van der Waals surface area (Å²) < 4.78 is 9.83. The Morgan fingerprint density at radius 3 is 2.84 bits per heavy atom. The quantitative estimate of drug-likeness (QED) is 0.511. The van der Waals surface area contributed by atoms with Gasteiger partial charge in [-0.15, -0.1) is 0 Å². The van der Waals surface area contributed by atoms with Gasteiger partial charge in [0.1, 0.15) is 5.52 Å². The normalized spacial score (nSPS) is 10.4. The molecule has 0 atom stereocenters. The number of nitro benzene ring substituents is 1. The van der Waals surface area contributed by atoms with Crippen molar-refractivity contribution in [3.63, 3.8) is 0 Å². The molecule has 2 rings (SSSR count). The highest BCUT2D eigenvalue weighted by molar-refractivity contribution is 5.93. The molecule has 8 heteroatoms. The lowest BCUT2D eigenvalue weighted by molar-refractivity contribution is -0.384. The summed E-state index contributed by atoms with van der Waals surface area (Å²) >= 11 is 0. The minimum Gasteiger partial charge on any atom is -0.494 e. The van der Waals surface area contributed by atoms with Crippen LogP contribution in [0.4, 0.5) is 5.69 Å². The summed E-state index contributed by atoms with van der Waals surface area (Å²) in [5.74, 6) is -0.421. The Morgan fingerprint density at radius 2 is 2.26 bits per heavy atom. The fraction of sp³-hybridized carbons (Fsp3) is 0.273. The summed E-state index contributed by atoms with van der Waals surface area (Å²) in [5.41, 5.74) is 0.536. The van der Waals surface area contributed by atoms with Crippen LogP contribution in [0.3, 0.4) is 0 Å². The van der Waals surface area contributed by atoms with Gasteiger partial charge in [-0.25, -0.2) is 9.78 Å². The number of aromatic amines is 1. The van der Waals surface area contributed by atoms with E-state index >= 15 is 0 Å². The van der Waals surface area contributed by atoms with Gasteiger partial charge in [0.2, 0.25) is 5.82 Å². The fourth-order valence-corrected chi connectivity index (χ4v) is 1.63. The zero-order chi connectivity index (χ0) is 14.0. The predicted molar refractivity (Wildman–Crippen MR) is 65.3 cm³/mol. The van der Waals surface area contributed by atoms with Crippen LogP contribution in [0, 0.1) is 10.1 Å². The predicted octanol–water partition coefficient (Wildman–Crippen LogP) is 1.66. The van der Waals surface area contributed by atoms with Crippen LogP contribution in [0.15, 0.2) is 12.1 Å². The van der Waals surface area contributed by atoms with E-state index in [2.05, 4.69) is 9.97 Å². The number of fused-ring (bicyclic) bond motifs is 1. The zero-order valence-corrected chi connectivity index (χ0v) is 10.3. The summed E-state index contributed by atoms with van der Waals surface area (Å²) in [4.78, 5) is 28.5. The first-order valence-electron chi connectivity index (χ1n) is 5.46. The molecule has 100 valence electrons. The van der Waals surface area contributed by atoms with Crippen LogP contribution in [-0.4, -0.2) is 34.6 Å². The molecule has 0 radical (unpaired) electrons. The van der Waals surface area contributed by atoms with Gasteiger partial charge in [-0.05, 0) is 6.92 Å². The van der Waals surface area contributed by atoms with Crippen molar-refractivity contribution < 1.29 is 19.2 Å². The topological polar surface area (TPSA) is 107 Å². The van der Waals surface area contributed by atoms with E-state index in [0.717, 1.165) is 0 Å². The molecule has 0 spiro atoms. The smallest absolute Gasteiger partial charge is 0.374 e. The third-order valence-electron chi connectivity index (χ3n) is 2.44. The van der Waals surface area contributed by atoms with Gasteiger partial charge in [-0.1, -0.05) is 0 Å². The second-order valence-corrected chi connectivity index (χ2v) is 3.61. The van der Waals surface area contributed by atoms with Gasteiger partial charge in [0.15, 0.2) is 5.75 Å². The molecule has 0 aliphatic rings. The molecular weight excluding hydrogens is 254 g/mol. The third-order valence-corrected chi connectivity index (χ3v) is 2.44. The van der Waals surface area contributed by atoms with Gasteiger partial charge in [-0.2, -0.15) is 0 Å². The second kappa shape index (κ2) is 4.92. The van der Waals surface area contributed by atoms with E-state index < -0.39 is 10.9 Å². The largest absolute Gasteiger partial charge is 0.494 e. The molecule has 1 aromatic carbocycles. The lowest BCUT2D eigenvalue weighted by atomic mass is 10.2. The number of methoxy groups -OCH3 is 1. The number of esters is 1. The number of benzene rings is 1. The van der Waals surface area contributed by atoms with Crippen molar-refractivity contribution in [1.29, 1.82) is 0 Å². The van der Waals surface area contributed by atoms with Gasteiger partial charge >= 0.3 is 5.97 Å². The van der Waals surface area contributed by atoms with E-state index in [4.69, 9.17) is 9.47 Å². The fourth-order valence-electron chi connectivity index (χ4n) is 1.63. The van der Waals surface area contributed by atoms with Crippen LogP contribution in [0.25, 0.3) is 11.0 Å². The lowest BCUT2D eigenvalue weighted by Crippen LogP contribution is -2.06. The van der Waals surface area contributed by atoms with E-state index in [0.29, 0.717) is 11.0 Å². The molecule has 0 amide bonds. The molecule has 0 saturated carbocycles. The highest BCUT2D eigenvalue weighted by atomic mass is 16.6. The van der Waals surface area contributed by atoms with E-state index in [1.807, 2.05) is 0 Å². The van der Waals surface area contributed by atoms with Gasteiger partial charge < -0.3 is 14.5 Å².